The Bertz CT molecular complexity index is 1110. The van der Waals surface area contributed by atoms with Crippen LogP contribution in [0, 0.1) is 5.92 Å². The highest BCUT2D eigenvalue weighted by Gasteiger charge is 2.29. The van der Waals surface area contributed by atoms with Crippen LogP contribution < -0.4 is 20.5 Å². The van der Waals surface area contributed by atoms with Gasteiger partial charge in [-0.2, -0.15) is 0 Å². The molecule has 10 nitrogen and oxygen atoms in total. The van der Waals surface area contributed by atoms with Gasteiger partial charge in [-0.25, -0.2) is 18.4 Å². The number of carbonyl (C=O) groups excluding carboxylic acids is 3. The summed E-state index contributed by atoms with van der Waals surface area (Å²) in [7, 11) is -3.86. The van der Waals surface area contributed by atoms with Crippen molar-refractivity contribution in [3.8, 4) is 5.75 Å². The lowest BCUT2D eigenvalue weighted by atomic mass is 10.0. The van der Waals surface area contributed by atoms with E-state index in [1.54, 1.807) is 38.1 Å². The number of carbonyl (C=O) groups is 3. The third-order valence-electron chi connectivity index (χ3n) is 4.75. The fourth-order valence-electron chi connectivity index (χ4n) is 2.86. The van der Waals surface area contributed by atoms with E-state index in [1.807, 2.05) is 6.92 Å². The summed E-state index contributed by atoms with van der Waals surface area (Å²) < 4.78 is 33.3. The normalized spacial score (nSPS) is 13.0. The van der Waals surface area contributed by atoms with E-state index in [-0.39, 0.29) is 10.8 Å². The van der Waals surface area contributed by atoms with Crippen molar-refractivity contribution in [2.75, 3.05) is 11.9 Å². The van der Waals surface area contributed by atoms with Gasteiger partial charge in [0.25, 0.3) is 11.8 Å². The van der Waals surface area contributed by atoms with Crippen LogP contribution in [-0.2, 0) is 24.3 Å². The lowest BCUT2D eigenvalue weighted by Crippen LogP contribution is -2.47. The lowest BCUT2D eigenvalue weighted by molar-refractivity contribution is -0.156. The average Bonchev–Trinajstić information content (AvgIpc) is 2.77. The smallest absolute Gasteiger partial charge is 0.329 e. The molecule has 0 aliphatic rings. The molecule has 0 saturated carbocycles. The van der Waals surface area contributed by atoms with E-state index in [2.05, 4.69) is 10.6 Å². The van der Waals surface area contributed by atoms with Gasteiger partial charge in [-0.3, -0.25) is 9.59 Å². The molecule has 2 aromatic carbocycles. The lowest BCUT2D eigenvalue weighted by Gasteiger charge is -2.23. The molecule has 0 bridgehead atoms. The second kappa shape index (κ2) is 11.6. The molecule has 2 aromatic rings. The number of nitrogens with one attached hydrogen (secondary N) is 2. The molecular weight excluding hydrogens is 462 g/mol. The number of amides is 2. The van der Waals surface area contributed by atoms with Crippen LogP contribution in [0.15, 0.2) is 53.4 Å². The first-order chi connectivity index (χ1) is 15.9. The number of benzene rings is 2. The zero-order chi connectivity index (χ0) is 25.5. The number of ether oxygens (including phenoxy) is 2. The molecule has 184 valence electrons. The molecule has 0 aliphatic heterocycles. The maximum Gasteiger partial charge on any atom is 0.329 e. The van der Waals surface area contributed by atoms with Crippen molar-refractivity contribution < 1.29 is 32.3 Å². The summed E-state index contributed by atoms with van der Waals surface area (Å²) in [5.41, 5.74) is 0.639. The van der Waals surface area contributed by atoms with E-state index in [1.165, 1.54) is 31.2 Å². The highest BCUT2D eigenvalue weighted by atomic mass is 32.2. The Balaban J connectivity index is 1.99. The number of primary sulfonamides is 1. The van der Waals surface area contributed by atoms with Crippen LogP contribution in [-0.4, -0.2) is 45.0 Å². The van der Waals surface area contributed by atoms with Gasteiger partial charge in [0.2, 0.25) is 10.0 Å². The first-order valence-corrected chi connectivity index (χ1v) is 12.1. The highest BCUT2D eigenvalue weighted by Crippen LogP contribution is 2.15. The fraction of sp³-hybridized carbons (Fsp3) is 0.348. The van der Waals surface area contributed by atoms with Crippen molar-refractivity contribution in [1.29, 1.82) is 0 Å². The molecule has 0 saturated heterocycles. The second-order valence-electron chi connectivity index (χ2n) is 7.79. The molecule has 2 atom stereocenters. The zero-order valence-corrected chi connectivity index (χ0v) is 20.2. The molecule has 1 unspecified atom stereocenters. The number of hydrogen-bond donors (Lipinski definition) is 3. The zero-order valence-electron chi connectivity index (χ0n) is 19.4. The predicted molar refractivity (Wildman–Crippen MR) is 126 cm³/mol. The van der Waals surface area contributed by atoms with E-state index in [0.29, 0.717) is 23.6 Å². The molecule has 0 aliphatic carbocycles. The molecule has 0 aromatic heterocycles. The maximum absolute atomic E-state index is 12.7. The SMILES string of the molecule is CCOc1ccc(C(=O)N[C@H](C(=O)OC(C)C(=O)Nc2ccc(S(N)(=O)=O)cc2)C(C)C)cc1. The van der Waals surface area contributed by atoms with Gasteiger partial charge in [-0.15, -0.1) is 0 Å². The second-order valence-corrected chi connectivity index (χ2v) is 9.35. The van der Waals surface area contributed by atoms with Gasteiger partial charge in [0.1, 0.15) is 11.8 Å². The molecule has 2 amide bonds. The Hall–Kier alpha value is -3.44. The quantitative estimate of drug-likeness (QED) is 0.430. The standard InChI is InChI=1S/C23H29N3O7S/c1-5-32-18-10-6-16(7-11-18)22(28)26-20(14(2)3)23(29)33-15(4)21(27)25-17-8-12-19(13-9-17)34(24,30)31/h6-15,20H,5H2,1-4H3,(H,25,27)(H,26,28)(H2,24,30,31)/t15?,20-/m0/s1. The summed E-state index contributed by atoms with van der Waals surface area (Å²) in [6, 6.07) is 10.7. The third kappa shape index (κ3) is 7.56. The van der Waals surface area contributed by atoms with Gasteiger partial charge in [-0.1, -0.05) is 13.8 Å². The summed E-state index contributed by atoms with van der Waals surface area (Å²) >= 11 is 0. The van der Waals surface area contributed by atoms with Crippen molar-refractivity contribution in [2.45, 2.75) is 44.7 Å². The van der Waals surface area contributed by atoms with Crippen LogP contribution in [0.4, 0.5) is 5.69 Å². The van der Waals surface area contributed by atoms with Gasteiger partial charge in [0.05, 0.1) is 11.5 Å². The van der Waals surface area contributed by atoms with Crippen LogP contribution >= 0.6 is 0 Å². The Morgan fingerprint density at radius 2 is 1.56 bits per heavy atom. The van der Waals surface area contributed by atoms with E-state index in [9.17, 15) is 22.8 Å². The Labute approximate surface area is 198 Å². The summed E-state index contributed by atoms with van der Waals surface area (Å²) in [6.45, 7) is 7.21. The molecule has 0 radical (unpaired) electrons. The molecule has 0 spiro atoms. The third-order valence-corrected chi connectivity index (χ3v) is 5.68. The Kier molecular flexibility index (Phi) is 9.16. The Morgan fingerprint density at radius 3 is 2.06 bits per heavy atom. The average molecular weight is 492 g/mol. The number of anilines is 1. The molecular formula is C23H29N3O7S. The van der Waals surface area contributed by atoms with E-state index in [4.69, 9.17) is 14.6 Å². The van der Waals surface area contributed by atoms with Gasteiger partial charge in [-0.05, 0) is 68.3 Å². The fourth-order valence-corrected chi connectivity index (χ4v) is 3.38. The highest BCUT2D eigenvalue weighted by molar-refractivity contribution is 7.89. The molecule has 2 rings (SSSR count). The minimum Gasteiger partial charge on any atom is -0.494 e. The topological polar surface area (TPSA) is 154 Å². The Morgan fingerprint density at radius 1 is 0.971 bits per heavy atom. The van der Waals surface area contributed by atoms with Crippen molar-refractivity contribution in [1.82, 2.24) is 5.32 Å². The number of sulfonamides is 1. The summed E-state index contributed by atoms with van der Waals surface area (Å²) in [5.74, 6) is -1.54. The summed E-state index contributed by atoms with van der Waals surface area (Å²) in [6.07, 6.45) is -1.17. The largest absolute Gasteiger partial charge is 0.494 e. The predicted octanol–water partition coefficient (Wildman–Crippen LogP) is 2.06. The number of nitrogens with two attached hydrogens (primary N) is 1. The van der Waals surface area contributed by atoms with Gasteiger partial charge in [0.15, 0.2) is 6.10 Å². The number of hydrogen-bond acceptors (Lipinski definition) is 7. The van der Waals surface area contributed by atoms with Crippen molar-refractivity contribution in [2.24, 2.45) is 11.1 Å². The van der Waals surface area contributed by atoms with Gasteiger partial charge in [0, 0.05) is 11.3 Å². The number of esters is 1. The molecule has 34 heavy (non-hydrogen) atoms. The minimum absolute atomic E-state index is 0.104. The van der Waals surface area contributed by atoms with Crippen molar-refractivity contribution in [3.63, 3.8) is 0 Å². The van der Waals surface area contributed by atoms with Crippen molar-refractivity contribution >= 4 is 33.5 Å². The molecule has 0 heterocycles. The van der Waals surface area contributed by atoms with Crippen molar-refractivity contribution in [3.05, 3.63) is 54.1 Å². The van der Waals surface area contributed by atoms with E-state index < -0.39 is 40.0 Å². The van der Waals surface area contributed by atoms with Crippen LogP contribution in [0.1, 0.15) is 38.1 Å². The maximum atomic E-state index is 12.7. The minimum atomic E-state index is -3.86. The molecule has 4 N–H and O–H groups in total. The number of rotatable bonds is 10. The van der Waals surface area contributed by atoms with E-state index >= 15 is 0 Å². The van der Waals surface area contributed by atoms with Gasteiger partial charge >= 0.3 is 5.97 Å². The van der Waals surface area contributed by atoms with Crippen LogP contribution in [0.5, 0.6) is 5.75 Å². The monoisotopic (exact) mass is 491 g/mol. The summed E-state index contributed by atoms with van der Waals surface area (Å²) in [5, 5.41) is 10.2. The summed E-state index contributed by atoms with van der Waals surface area (Å²) in [4.78, 5) is 37.6. The van der Waals surface area contributed by atoms with Crippen LogP contribution in [0.3, 0.4) is 0 Å². The first-order valence-electron chi connectivity index (χ1n) is 10.6. The molecule has 0 fully saturated rings. The van der Waals surface area contributed by atoms with Gasteiger partial charge < -0.3 is 20.1 Å². The van der Waals surface area contributed by atoms with Crippen LogP contribution in [0.25, 0.3) is 0 Å². The first kappa shape index (κ1) is 26.8. The van der Waals surface area contributed by atoms with Crippen LogP contribution in [0.2, 0.25) is 0 Å². The van der Waals surface area contributed by atoms with E-state index in [0.717, 1.165) is 0 Å². The molecule has 11 heteroatoms.